The molecule has 0 aliphatic heterocycles. The van der Waals surface area contributed by atoms with Crippen LogP contribution in [0.3, 0.4) is 0 Å². The van der Waals surface area contributed by atoms with Crippen molar-refractivity contribution in [2.45, 2.75) is 58.8 Å². The van der Waals surface area contributed by atoms with E-state index >= 15 is 0 Å². The van der Waals surface area contributed by atoms with E-state index in [2.05, 4.69) is 64.1 Å². The molecule has 3 nitrogen and oxygen atoms in total. The summed E-state index contributed by atoms with van der Waals surface area (Å²) in [7, 11) is -2.74. The Balaban J connectivity index is 2.44. The molecule has 0 fully saturated rings. The minimum absolute atomic E-state index is 0.130. The predicted molar refractivity (Wildman–Crippen MR) is 115 cm³/mol. The molecule has 0 bridgehead atoms. The highest BCUT2D eigenvalue weighted by Crippen LogP contribution is 2.40. The Kier molecular flexibility index (Phi) is 7.80. The van der Waals surface area contributed by atoms with Crippen LogP contribution in [0.25, 0.3) is 0 Å². The van der Waals surface area contributed by atoms with Crippen molar-refractivity contribution in [1.82, 2.24) is 0 Å². The molecule has 2 aromatic rings. The van der Waals surface area contributed by atoms with E-state index in [1.54, 1.807) is 0 Å². The van der Waals surface area contributed by atoms with Crippen LogP contribution in [0.5, 0.6) is 0 Å². The average molecular weight is 387 g/mol. The van der Waals surface area contributed by atoms with Crippen LogP contribution in [0.4, 0.5) is 0 Å². The van der Waals surface area contributed by atoms with Crippen LogP contribution < -0.4 is 5.19 Å². The second-order valence-electron chi connectivity index (χ2n) is 7.78. The van der Waals surface area contributed by atoms with Gasteiger partial charge in [-0.05, 0) is 31.5 Å². The lowest BCUT2D eigenvalue weighted by Crippen LogP contribution is -2.62. The van der Waals surface area contributed by atoms with E-state index in [0.29, 0.717) is 13.2 Å². The van der Waals surface area contributed by atoms with Gasteiger partial charge in [-0.1, -0.05) is 81.4 Å². The molecule has 0 saturated carbocycles. The molecule has 0 radical (unpaired) electrons. The van der Waals surface area contributed by atoms with Crippen molar-refractivity contribution in [3.05, 3.63) is 66.2 Å². The quantitative estimate of drug-likeness (QED) is 0.543. The molecule has 0 aliphatic rings. The van der Waals surface area contributed by atoms with E-state index < -0.39 is 8.56 Å². The highest BCUT2D eigenvalue weighted by atomic mass is 28.4. The van der Waals surface area contributed by atoms with Crippen LogP contribution in [0.2, 0.25) is 5.04 Å². The lowest BCUT2D eigenvalue weighted by atomic mass is 10.1. The van der Waals surface area contributed by atoms with E-state index in [1.807, 2.05) is 38.1 Å². The third-order valence-corrected chi connectivity index (χ3v) is 9.21. The van der Waals surface area contributed by atoms with Gasteiger partial charge in [0.2, 0.25) is 0 Å². The Labute approximate surface area is 165 Å². The van der Waals surface area contributed by atoms with Crippen molar-refractivity contribution in [1.29, 1.82) is 0 Å². The third kappa shape index (κ3) is 5.08. The van der Waals surface area contributed by atoms with E-state index in [4.69, 9.17) is 13.6 Å². The maximum Gasteiger partial charge on any atom is 0.378 e. The van der Waals surface area contributed by atoms with Gasteiger partial charge in [0, 0.05) is 18.3 Å². The predicted octanol–water partition coefficient (Wildman–Crippen LogP) is 5.36. The molecular weight excluding hydrogens is 352 g/mol. The van der Waals surface area contributed by atoms with E-state index in [0.717, 1.165) is 10.8 Å². The van der Waals surface area contributed by atoms with Crippen LogP contribution in [-0.2, 0) is 13.6 Å². The number of hydrogen-bond donors (Lipinski definition) is 0. The van der Waals surface area contributed by atoms with E-state index in [9.17, 15) is 0 Å². The first kappa shape index (κ1) is 21.8. The van der Waals surface area contributed by atoms with Gasteiger partial charge in [0.1, 0.15) is 6.10 Å². The largest absolute Gasteiger partial charge is 0.391 e. The maximum absolute atomic E-state index is 6.89. The molecule has 0 aromatic heterocycles. The molecule has 2 rings (SSSR count). The van der Waals surface area contributed by atoms with E-state index in [-0.39, 0.29) is 17.2 Å². The molecule has 4 heteroatoms. The summed E-state index contributed by atoms with van der Waals surface area (Å²) in [5.74, 6) is 0. The standard InChI is InChI=1S/C23H34O3Si/c1-7-24-22(20-15-11-9-12-16-20)19(3)26-27(25-8-2,23(4,5)6)21-17-13-10-14-18-21/h9-19,22H,7-8H2,1-6H3/t19-,22-,27?/m0/s1. The molecule has 0 aliphatic carbocycles. The number of ether oxygens (including phenoxy) is 1. The second kappa shape index (κ2) is 9.65. The topological polar surface area (TPSA) is 27.7 Å². The van der Waals surface area contributed by atoms with Gasteiger partial charge in [0.25, 0.3) is 0 Å². The van der Waals surface area contributed by atoms with Crippen LogP contribution in [0.15, 0.2) is 60.7 Å². The molecule has 2 aromatic carbocycles. The Bertz CT molecular complexity index is 669. The van der Waals surface area contributed by atoms with Crippen molar-refractivity contribution in [2.75, 3.05) is 13.2 Å². The van der Waals surface area contributed by atoms with Gasteiger partial charge in [0.05, 0.1) is 6.10 Å². The fourth-order valence-corrected chi connectivity index (χ4v) is 7.23. The summed E-state index contributed by atoms with van der Waals surface area (Å²) >= 11 is 0. The number of hydrogen-bond acceptors (Lipinski definition) is 3. The van der Waals surface area contributed by atoms with Gasteiger partial charge in [0.15, 0.2) is 0 Å². The minimum Gasteiger partial charge on any atom is -0.391 e. The van der Waals surface area contributed by atoms with Crippen LogP contribution in [0, 0.1) is 0 Å². The average Bonchev–Trinajstić information content (AvgIpc) is 2.66. The summed E-state index contributed by atoms with van der Waals surface area (Å²) in [6.07, 6.45) is -0.264. The lowest BCUT2D eigenvalue weighted by molar-refractivity contribution is -0.0314. The summed E-state index contributed by atoms with van der Waals surface area (Å²) in [6.45, 7) is 14.1. The molecule has 0 saturated heterocycles. The Hall–Kier alpha value is -1.46. The fraction of sp³-hybridized carbons (Fsp3) is 0.478. The van der Waals surface area contributed by atoms with Crippen molar-refractivity contribution < 1.29 is 13.6 Å². The zero-order valence-corrected chi connectivity index (χ0v) is 18.6. The summed E-state index contributed by atoms with van der Waals surface area (Å²) in [4.78, 5) is 0. The van der Waals surface area contributed by atoms with Crippen molar-refractivity contribution in [3.63, 3.8) is 0 Å². The number of benzene rings is 2. The molecule has 0 heterocycles. The van der Waals surface area contributed by atoms with E-state index in [1.165, 1.54) is 0 Å². The van der Waals surface area contributed by atoms with Crippen LogP contribution >= 0.6 is 0 Å². The van der Waals surface area contributed by atoms with Crippen molar-refractivity contribution >= 4 is 13.7 Å². The van der Waals surface area contributed by atoms with Gasteiger partial charge in [-0.15, -0.1) is 0 Å². The number of rotatable bonds is 9. The first-order chi connectivity index (χ1) is 12.9. The third-order valence-electron chi connectivity index (χ3n) is 4.74. The monoisotopic (exact) mass is 386 g/mol. The highest BCUT2D eigenvalue weighted by Gasteiger charge is 2.52. The zero-order valence-electron chi connectivity index (χ0n) is 17.6. The minimum atomic E-state index is -2.74. The van der Waals surface area contributed by atoms with Gasteiger partial charge in [-0.25, -0.2) is 0 Å². The molecule has 0 amide bonds. The summed E-state index contributed by atoms with van der Waals surface area (Å²) in [5, 5.41) is 1.03. The van der Waals surface area contributed by atoms with Crippen molar-refractivity contribution in [3.8, 4) is 0 Å². The highest BCUT2D eigenvalue weighted by molar-refractivity contribution is 6.83. The van der Waals surface area contributed by atoms with Gasteiger partial charge in [-0.3, -0.25) is 0 Å². The summed E-state index contributed by atoms with van der Waals surface area (Å²) in [6, 6.07) is 20.7. The first-order valence-corrected chi connectivity index (χ1v) is 11.7. The molecule has 3 atom stereocenters. The molecular formula is C23H34O3Si. The Morgan fingerprint density at radius 1 is 0.852 bits per heavy atom. The second-order valence-corrected chi connectivity index (χ2v) is 11.6. The summed E-state index contributed by atoms with van der Waals surface area (Å²) < 4.78 is 19.5. The molecule has 1 unspecified atom stereocenters. The SMILES string of the molecule is CCO[C@H](c1ccccc1)[C@H](C)O[Si](OCC)(c1ccccc1)C(C)(C)C. The Morgan fingerprint density at radius 2 is 1.41 bits per heavy atom. The lowest BCUT2D eigenvalue weighted by Gasteiger charge is -2.43. The zero-order chi connectivity index (χ0) is 19.9. The fourth-order valence-electron chi connectivity index (χ4n) is 3.52. The maximum atomic E-state index is 6.89. The molecule has 0 N–H and O–H groups in total. The normalized spacial score (nSPS) is 16.5. The van der Waals surface area contributed by atoms with Gasteiger partial charge in [-0.2, -0.15) is 0 Å². The smallest absolute Gasteiger partial charge is 0.378 e. The first-order valence-electron chi connectivity index (χ1n) is 9.89. The molecule has 27 heavy (non-hydrogen) atoms. The molecule has 148 valence electrons. The molecule has 0 spiro atoms. The van der Waals surface area contributed by atoms with Crippen molar-refractivity contribution in [2.24, 2.45) is 0 Å². The van der Waals surface area contributed by atoms with Crippen LogP contribution in [0.1, 0.15) is 53.2 Å². The summed E-state index contributed by atoms with van der Waals surface area (Å²) in [5.41, 5.74) is 1.13. The van der Waals surface area contributed by atoms with Gasteiger partial charge >= 0.3 is 8.56 Å². The van der Waals surface area contributed by atoms with Gasteiger partial charge < -0.3 is 13.6 Å². The Morgan fingerprint density at radius 3 is 1.89 bits per heavy atom. The van der Waals surface area contributed by atoms with Crippen LogP contribution in [-0.4, -0.2) is 27.9 Å².